The maximum atomic E-state index is 13.3. The highest BCUT2D eigenvalue weighted by molar-refractivity contribution is 14.1. The van der Waals surface area contributed by atoms with Gasteiger partial charge in [-0.2, -0.15) is 0 Å². The predicted octanol–water partition coefficient (Wildman–Crippen LogP) is 3.51. The smallest absolute Gasteiger partial charge is 0.226 e. The molecule has 154 valence electrons. The minimum Gasteiger partial charge on any atom is -0.367 e. The Morgan fingerprint density at radius 3 is 2.24 bits per heavy atom. The number of hydrogen-bond donors (Lipinski definition) is 0. The van der Waals surface area contributed by atoms with E-state index in [1.165, 1.54) is 9.26 Å². The lowest BCUT2D eigenvalue weighted by Crippen LogP contribution is -2.53. The minimum atomic E-state index is -2.97. The summed E-state index contributed by atoms with van der Waals surface area (Å²) in [6.07, 6.45) is 0.889. The number of piperazine rings is 1. The second kappa shape index (κ2) is 8.63. The molecule has 1 unspecified atom stereocenters. The SMILES string of the molecule is O=C(C1CCS(=O)(=O)CC1)N1CCN(c2ccc(I)cc2)CC1c1ccccc1. The molecule has 1 amide bonds. The fourth-order valence-corrected chi connectivity index (χ4v) is 6.12. The van der Waals surface area contributed by atoms with Gasteiger partial charge in [-0.3, -0.25) is 4.79 Å². The molecule has 2 aliphatic rings. The number of nitrogens with zero attached hydrogens (tertiary/aromatic N) is 2. The molecular weight excluding hydrogens is 499 g/mol. The number of benzene rings is 2. The van der Waals surface area contributed by atoms with E-state index in [1.807, 2.05) is 23.1 Å². The van der Waals surface area contributed by atoms with Crippen LogP contribution in [0.1, 0.15) is 24.4 Å². The molecule has 29 heavy (non-hydrogen) atoms. The van der Waals surface area contributed by atoms with Crippen molar-refractivity contribution in [3.8, 4) is 0 Å². The summed E-state index contributed by atoms with van der Waals surface area (Å²) in [4.78, 5) is 17.7. The Morgan fingerprint density at radius 1 is 0.931 bits per heavy atom. The van der Waals surface area contributed by atoms with Gasteiger partial charge in [0.15, 0.2) is 0 Å². The fraction of sp³-hybridized carbons (Fsp3) is 0.409. The molecule has 2 saturated heterocycles. The first-order chi connectivity index (χ1) is 13.9. The normalized spacial score (nSPS) is 22.4. The van der Waals surface area contributed by atoms with Crippen LogP contribution < -0.4 is 4.90 Å². The number of sulfone groups is 1. The largest absolute Gasteiger partial charge is 0.367 e. The average molecular weight is 524 g/mol. The van der Waals surface area contributed by atoms with Crippen LogP contribution in [0.3, 0.4) is 0 Å². The molecule has 0 bridgehead atoms. The number of carbonyl (C=O) groups excluding carboxylic acids is 1. The van der Waals surface area contributed by atoms with E-state index in [4.69, 9.17) is 0 Å². The lowest BCUT2D eigenvalue weighted by molar-refractivity contribution is -0.138. The Morgan fingerprint density at radius 2 is 1.59 bits per heavy atom. The Bertz CT molecular complexity index is 949. The lowest BCUT2D eigenvalue weighted by Gasteiger charge is -2.44. The molecule has 1 atom stereocenters. The molecule has 2 aromatic rings. The Labute approximate surface area is 186 Å². The van der Waals surface area contributed by atoms with E-state index in [0.717, 1.165) is 18.7 Å². The summed E-state index contributed by atoms with van der Waals surface area (Å²) in [5, 5.41) is 0. The molecule has 5 nitrogen and oxygen atoms in total. The monoisotopic (exact) mass is 524 g/mol. The van der Waals surface area contributed by atoms with E-state index in [2.05, 4.69) is 63.9 Å². The number of anilines is 1. The van der Waals surface area contributed by atoms with Crippen molar-refractivity contribution in [3.63, 3.8) is 0 Å². The number of carbonyl (C=O) groups is 1. The van der Waals surface area contributed by atoms with Crippen LogP contribution in [0.5, 0.6) is 0 Å². The minimum absolute atomic E-state index is 0.0322. The quantitative estimate of drug-likeness (QED) is 0.577. The van der Waals surface area contributed by atoms with E-state index in [9.17, 15) is 13.2 Å². The highest BCUT2D eigenvalue weighted by atomic mass is 127. The summed E-state index contributed by atoms with van der Waals surface area (Å²) < 4.78 is 24.7. The third-order valence-corrected chi connectivity index (χ3v) is 8.38. The van der Waals surface area contributed by atoms with E-state index < -0.39 is 9.84 Å². The molecule has 0 spiro atoms. The molecule has 0 aromatic heterocycles. The van der Waals surface area contributed by atoms with E-state index >= 15 is 0 Å². The van der Waals surface area contributed by atoms with Gasteiger partial charge >= 0.3 is 0 Å². The maximum Gasteiger partial charge on any atom is 0.226 e. The second-order valence-corrected chi connectivity index (χ2v) is 11.4. The Balaban J connectivity index is 1.56. The molecule has 2 heterocycles. The van der Waals surface area contributed by atoms with Gasteiger partial charge in [-0.15, -0.1) is 0 Å². The number of rotatable bonds is 3. The average Bonchev–Trinajstić information content (AvgIpc) is 2.74. The molecule has 0 aliphatic carbocycles. The fourth-order valence-electron chi connectivity index (χ4n) is 4.27. The van der Waals surface area contributed by atoms with Crippen LogP contribution in [0, 0.1) is 9.49 Å². The third-order valence-electron chi connectivity index (χ3n) is 5.94. The molecule has 0 saturated carbocycles. The van der Waals surface area contributed by atoms with E-state index in [0.29, 0.717) is 19.4 Å². The van der Waals surface area contributed by atoms with E-state index in [-0.39, 0.29) is 29.4 Å². The summed E-state index contributed by atoms with van der Waals surface area (Å²) in [5.41, 5.74) is 2.29. The van der Waals surface area contributed by atoms with Crippen molar-refractivity contribution in [1.82, 2.24) is 4.90 Å². The van der Waals surface area contributed by atoms with Gasteiger partial charge in [0.1, 0.15) is 9.84 Å². The zero-order valence-corrected chi connectivity index (χ0v) is 19.2. The summed E-state index contributed by atoms with van der Waals surface area (Å²) in [5.74, 6) is 0.176. The van der Waals surface area contributed by atoms with Crippen molar-refractivity contribution < 1.29 is 13.2 Å². The molecule has 2 aromatic carbocycles. The lowest BCUT2D eigenvalue weighted by atomic mass is 9.96. The van der Waals surface area contributed by atoms with Crippen LogP contribution >= 0.6 is 22.6 Å². The molecule has 7 heteroatoms. The maximum absolute atomic E-state index is 13.3. The van der Waals surface area contributed by atoms with Crippen LogP contribution in [-0.4, -0.2) is 50.4 Å². The summed E-state index contributed by atoms with van der Waals surface area (Å²) in [6, 6.07) is 18.6. The first-order valence-electron chi connectivity index (χ1n) is 9.99. The molecule has 2 fully saturated rings. The van der Waals surface area contributed by atoms with Crippen LogP contribution in [0.2, 0.25) is 0 Å². The molecular formula is C22H25IN2O3S. The number of halogens is 1. The van der Waals surface area contributed by atoms with Crippen molar-refractivity contribution in [2.75, 3.05) is 36.0 Å². The summed E-state index contributed by atoms with van der Waals surface area (Å²) >= 11 is 2.31. The van der Waals surface area contributed by atoms with Gasteiger partial charge < -0.3 is 9.80 Å². The van der Waals surface area contributed by atoms with Crippen LogP contribution in [-0.2, 0) is 14.6 Å². The van der Waals surface area contributed by atoms with Crippen LogP contribution in [0.25, 0.3) is 0 Å². The van der Waals surface area contributed by atoms with Crippen molar-refractivity contribution in [3.05, 3.63) is 63.7 Å². The van der Waals surface area contributed by atoms with E-state index in [1.54, 1.807) is 0 Å². The standard InChI is InChI=1S/C22H25IN2O3S/c23-19-6-8-20(9-7-19)24-12-13-25(21(16-24)17-4-2-1-3-5-17)22(26)18-10-14-29(27,28)15-11-18/h1-9,18,21H,10-16H2. The molecule has 2 aliphatic heterocycles. The van der Waals surface area contributed by atoms with Crippen LogP contribution in [0.4, 0.5) is 5.69 Å². The number of hydrogen-bond acceptors (Lipinski definition) is 4. The Kier molecular flexibility index (Phi) is 6.15. The molecule has 0 radical (unpaired) electrons. The molecule has 4 rings (SSSR count). The zero-order valence-electron chi connectivity index (χ0n) is 16.2. The van der Waals surface area contributed by atoms with Gasteiger partial charge in [-0.25, -0.2) is 8.42 Å². The topological polar surface area (TPSA) is 57.7 Å². The van der Waals surface area contributed by atoms with Crippen molar-refractivity contribution in [1.29, 1.82) is 0 Å². The first kappa shape index (κ1) is 20.7. The second-order valence-electron chi connectivity index (χ2n) is 7.81. The zero-order chi connectivity index (χ0) is 20.4. The van der Waals surface area contributed by atoms with Gasteiger partial charge in [0.05, 0.1) is 17.5 Å². The first-order valence-corrected chi connectivity index (χ1v) is 12.9. The van der Waals surface area contributed by atoms with Crippen molar-refractivity contribution in [2.24, 2.45) is 5.92 Å². The highest BCUT2D eigenvalue weighted by Gasteiger charge is 2.37. The van der Waals surface area contributed by atoms with Crippen molar-refractivity contribution in [2.45, 2.75) is 18.9 Å². The van der Waals surface area contributed by atoms with Gasteiger partial charge in [-0.1, -0.05) is 30.3 Å². The third kappa shape index (κ3) is 4.77. The predicted molar refractivity (Wildman–Crippen MR) is 124 cm³/mol. The molecule has 0 N–H and O–H groups in total. The van der Waals surface area contributed by atoms with Gasteiger partial charge in [0, 0.05) is 34.8 Å². The summed E-state index contributed by atoms with van der Waals surface area (Å²) in [7, 11) is -2.97. The van der Waals surface area contributed by atoms with Crippen LogP contribution in [0.15, 0.2) is 54.6 Å². The number of amides is 1. The van der Waals surface area contributed by atoms with Crippen molar-refractivity contribution >= 4 is 44.0 Å². The highest BCUT2D eigenvalue weighted by Crippen LogP contribution is 2.32. The van der Waals surface area contributed by atoms with Gasteiger partial charge in [-0.05, 0) is 65.3 Å². The summed E-state index contributed by atoms with van der Waals surface area (Å²) in [6.45, 7) is 2.16. The van der Waals surface area contributed by atoms with Gasteiger partial charge in [0.2, 0.25) is 5.91 Å². The van der Waals surface area contributed by atoms with Gasteiger partial charge in [0.25, 0.3) is 0 Å². The Hall–Kier alpha value is -1.61.